The molecule has 4 nitrogen and oxygen atoms in total. The van der Waals surface area contributed by atoms with E-state index in [0.29, 0.717) is 13.2 Å². The monoisotopic (exact) mass is 352 g/mol. The number of ether oxygens (including phenoxy) is 2. The molecule has 1 rings (SSSR count). The van der Waals surface area contributed by atoms with E-state index in [1.165, 1.54) is 0 Å². The van der Waals surface area contributed by atoms with Crippen LogP contribution >= 0.6 is 0 Å². The van der Waals surface area contributed by atoms with Gasteiger partial charge in [0.2, 0.25) is 0 Å². The Morgan fingerprint density at radius 3 is 2.00 bits per heavy atom. The van der Waals surface area contributed by atoms with E-state index in [-0.39, 0.29) is 17.9 Å². The lowest BCUT2D eigenvalue weighted by molar-refractivity contribution is -0.161. The van der Waals surface area contributed by atoms with Gasteiger partial charge in [0, 0.05) is 0 Å². The van der Waals surface area contributed by atoms with Crippen molar-refractivity contribution in [2.45, 2.75) is 78.6 Å². The molecule has 1 aliphatic rings. The van der Waals surface area contributed by atoms with E-state index in [4.69, 9.17) is 9.47 Å². The third kappa shape index (κ3) is 8.06. The Kier molecular flexibility index (Phi) is 11.3. The minimum Gasteiger partial charge on any atom is -0.465 e. The van der Waals surface area contributed by atoms with Gasteiger partial charge < -0.3 is 9.47 Å². The number of allylic oxidation sites excluding steroid dienone is 1. The molecule has 0 fully saturated rings. The maximum absolute atomic E-state index is 12.5. The van der Waals surface area contributed by atoms with Gasteiger partial charge in [0.25, 0.3) is 0 Å². The largest absolute Gasteiger partial charge is 0.465 e. The smallest absolute Gasteiger partial charge is 0.313 e. The Hall–Kier alpha value is -1.32. The van der Waals surface area contributed by atoms with Gasteiger partial charge in [0.1, 0.15) is 0 Å². The summed E-state index contributed by atoms with van der Waals surface area (Å²) in [5, 5.41) is 0. The summed E-state index contributed by atoms with van der Waals surface area (Å²) in [4.78, 5) is 24.9. The molecule has 25 heavy (non-hydrogen) atoms. The molecular formula is C21H36O4. The first-order valence-corrected chi connectivity index (χ1v) is 10.1. The zero-order valence-electron chi connectivity index (χ0n) is 16.3. The highest BCUT2D eigenvalue weighted by Gasteiger charge is 2.39. The highest BCUT2D eigenvalue weighted by atomic mass is 16.5. The third-order valence-electron chi connectivity index (χ3n) is 4.88. The van der Waals surface area contributed by atoms with Gasteiger partial charge in [-0.3, -0.25) is 9.59 Å². The lowest BCUT2D eigenvalue weighted by Gasteiger charge is -2.29. The van der Waals surface area contributed by atoms with E-state index < -0.39 is 11.8 Å². The summed E-state index contributed by atoms with van der Waals surface area (Å²) in [5.41, 5.74) is 0. The Morgan fingerprint density at radius 1 is 0.880 bits per heavy atom. The van der Waals surface area contributed by atoms with Crippen molar-refractivity contribution in [3.63, 3.8) is 0 Å². The second kappa shape index (κ2) is 13.0. The average Bonchev–Trinajstić information content (AvgIpc) is 2.60. The SMILES string of the molecule is CCCCCCOC(=O)C1C=CCC(C)C1C(=O)OCCCCCC. The van der Waals surface area contributed by atoms with Crippen LogP contribution in [0.3, 0.4) is 0 Å². The Labute approximate surface area is 153 Å². The minimum atomic E-state index is -0.502. The fourth-order valence-corrected chi connectivity index (χ4v) is 3.26. The molecule has 0 aromatic carbocycles. The molecule has 0 aromatic heterocycles. The number of carbonyl (C=O) groups excluding carboxylic acids is 2. The second-order valence-electron chi connectivity index (χ2n) is 7.15. The van der Waals surface area contributed by atoms with Crippen LogP contribution in [0.15, 0.2) is 12.2 Å². The lowest BCUT2D eigenvalue weighted by Crippen LogP contribution is -2.37. The summed E-state index contributed by atoms with van der Waals surface area (Å²) >= 11 is 0. The normalized spacial score (nSPS) is 22.6. The van der Waals surface area contributed by atoms with Crippen molar-refractivity contribution < 1.29 is 19.1 Å². The quantitative estimate of drug-likeness (QED) is 0.280. The highest BCUT2D eigenvalue weighted by molar-refractivity contribution is 5.84. The van der Waals surface area contributed by atoms with E-state index >= 15 is 0 Å². The van der Waals surface area contributed by atoms with Gasteiger partial charge in [-0.2, -0.15) is 0 Å². The number of esters is 2. The summed E-state index contributed by atoms with van der Waals surface area (Å²) in [6.07, 6.45) is 13.2. The average molecular weight is 353 g/mol. The van der Waals surface area contributed by atoms with Crippen LogP contribution in [0.1, 0.15) is 78.6 Å². The van der Waals surface area contributed by atoms with Crippen molar-refractivity contribution in [1.29, 1.82) is 0 Å². The summed E-state index contributed by atoms with van der Waals surface area (Å²) in [5.74, 6) is -1.35. The van der Waals surface area contributed by atoms with E-state index in [9.17, 15) is 9.59 Å². The minimum absolute atomic E-state index is 0.103. The molecule has 0 aromatic rings. The molecule has 0 bridgehead atoms. The van der Waals surface area contributed by atoms with Crippen LogP contribution in [0.25, 0.3) is 0 Å². The lowest BCUT2D eigenvalue weighted by atomic mass is 9.76. The van der Waals surface area contributed by atoms with Crippen LogP contribution in [0.5, 0.6) is 0 Å². The second-order valence-corrected chi connectivity index (χ2v) is 7.15. The van der Waals surface area contributed by atoms with Crippen LogP contribution in [-0.2, 0) is 19.1 Å². The van der Waals surface area contributed by atoms with Gasteiger partial charge >= 0.3 is 11.9 Å². The Morgan fingerprint density at radius 2 is 1.44 bits per heavy atom. The van der Waals surface area contributed by atoms with Gasteiger partial charge in [-0.05, 0) is 25.2 Å². The van der Waals surface area contributed by atoms with Gasteiger partial charge in [-0.25, -0.2) is 0 Å². The molecule has 3 atom stereocenters. The number of carbonyl (C=O) groups is 2. The first-order valence-electron chi connectivity index (χ1n) is 10.1. The Balaban J connectivity index is 2.48. The number of rotatable bonds is 12. The number of hydrogen-bond acceptors (Lipinski definition) is 4. The molecule has 0 saturated heterocycles. The van der Waals surface area contributed by atoms with Crippen molar-refractivity contribution in [3.05, 3.63) is 12.2 Å². The van der Waals surface area contributed by atoms with Crippen molar-refractivity contribution >= 4 is 11.9 Å². The summed E-state index contributed by atoms with van der Waals surface area (Å²) in [6.45, 7) is 7.20. The summed E-state index contributed by atoms with van der Waals surface area (Å²) < 4.78 is 10.9. The van der Waals surface area contributed by atoms with Crippen LogP contribution in [0.2, 0.25) is 0 Å². The van der Waals surface area contributed by atoms with Crippen molar-refractivity contribution in [3.8, 4) is 0 Å². The molecule has 0 N–H and O–H groups in total. The first kappa shape index (κ1) is 21.7. The molecule has 144 valence electrons. The maximum atomic E-state index is 12.5. The van der Waals surface area contributed by atoms with E-state index in [1.54, 1.807) is 0 Å². The molecule has 0 saturated carbocycles. The fourth-order valence-electron chi connectivity index (χ4n) is 3.26. The zero-order valence-corrected chi connectivity index (χ0v) is 16.3. The molecule has 3 unspecified atom stereocenters. The molecule has 1 aliphatic carbocycles. The van der Waals surface area contributed by atoms with Crippen LogP contribution in [0, 0.1) is 17.8 Å². The van der Waals surface area contributed by atoms with Crippen LogP contribution < -0.4 is 0 Å². The summed E-state index contributed by atoms with van der Waals surface area (Å²) in [6, 6.07) is 0. The Bertz CT molecular complexity index is 416. The molecule has 0 aliphatic heterocycles. The first-order chi connectivity index (χ1) is 12.1. The molecule has 0 radical (unpaired) electrons. The fraction of sp³-hybridized carbons (Fsp3) is 0.810. The van der Waals surface area contributed by atoms with Crippen molar-refractivity contribution in [1.82, 2.24) is 0 Å². The van der Waals surface area contributed by atoms with Crippen LogP contribution in [-0.4, -0.2) is 25.2 Å². The van der Waals surface area contributed by atoms with E-state index in [0.717, 1.165) is 57.8 Å². The maximum Gasteiger partial charge on any atom is 0.313 e. The standard InChI is InChI=1S/C21H36O4/c1-4-6-8-10-15-24-20(22)18-14-12-13-17(3)19(18)21(23)25-16-11-9-7-5-2/h12,14,17-19H,4-11,13,15-16H2,1-3H3. The van der Waals surface area contributed by atoms with Gasteiger partial charge in [-0.15, -0.1) is 0 Å². The molecule has 0 amide bonds. The van der Waals surface area contributed by atoms with E-state index in [2.05, 4.69) is 13.8 Å². The van der Waals surface area contributed by atoms with Crippen molar-refractivity contribution in [2.24, 2.45) is 17.8 Å². The topological polar surface area (TPSA) is 52.6 Å². The van der Waals surface area contributed by atoms with Gasteiger partial charge in [-0.1, -0.05) is 71.4 Å². The number of hydrogen-bond donors (Lipinski definition) is 0. The molecular weight excluding hydrogens is 316 g/mol. The number of unbranched alkanes of at least 4 members (excludes halogenated alkanes) is 6. The summed E-state index contributed by atoms with van der Waals surface area (Å²) in [7, 11) is 0. The molecule has 0 heterocycles. The van der Waals surface area contributed by atoms with E-state index in [1.807, 2.05) is 19.1 Å². The van der Waals surface area contributed by atoms with Gasteiger partial charge in [0.05, 0.1) is 25.0 Å². The van der Waals surface area contributed by atoms with Crippen molar-refractivity contribution in [2.75, 3.05) is 13.2 Å². The third-order valence-corrected chi connectivity index (χ3v) is 4.88. The molecule has 0 spiro atoms. The predicted octanol–water partition coefficient (Wildman–Crippen LogP) is 5.06. The highest BCUT2D eigenvalue weighted by Crippen LogP contribution is 2.32. The van der Waals surface area contributed by atoms with Gasteiger partial charge in [0.15, 0.2) is 0 Å². The zero-order chi connectivity index (χ0) is 18.5. The molecule has 4 heteroatoms. The van der Waals surface area contributed by atoms with Crippen LogP contribution in [0.4, 0.5) is 0 Å². The predicted molar refractivity (Wildman–Crippen MR) is 100 cm³/mol.